The molecule has 2 rings (SSSR count). The van der Waals surface area contributed by atoms with Gasteiger partial charge in [-0.2, -0.15) is 0 Å². The summed E-state index contributed by atoms with van der Waals surface area (Å²) in [4.78, 5) is 13.6. The van der Waals surface area contributed by atoms with Crippen LogP contribution in [-0.2, 0) is 6.54 Å². The zero-order valence-electron chi connectivity index (χ0n) is 10.3. The maximum absolute atomic E-state index is 12.0. The van der Waals surface area contributed by atoms with E-state index >= 15 is 0 Å². The second-order valence-corrected chi connectivity index (χ2v) is 4.62. The fraction of sp³-hybridized carbons (Fsp3) is 0.214. The molecule has 94 valence electrons. The Kier molecular flexibility index (Phi) is 3.72. The monoisotopic (exact) mass is 263 g/mol. The summed E-state index contributed by atoms with van der Waals surface area (Å²) in [5.74, 6) is 0.0806. The summed E-state index contributed by atoms with van der Waals surface area (Å²) in [7, 11) is 1.73. The number of benzene rings is 1. The van der Waals surface area contributed by atoms with E-state index in [0.717, 1.165) is 5.56 Å². The van der Waals surface area contributed by atoms with Crippen LogP contribution < -0.4 is 0 Å². The molecule has 0 radical (unpaired) electrons. The molecule has 18 heavy (non-hydrogen) atoms. The predicted molar refractivity (Wildman–Crippen MR) is 70.7 cm³/mol. The number of nitrogens with zero attached hydrogens (tertiary/aromatic N) is 1. The molecule has 1 aromatic heterocycles. The molecule has 0 spiro atoms. The topological polar surface area (TPSA) is 33.5 Å². The van der Waals surface area contributed by atoms with Gasteiger partial charge in [0, 0.05) is 13.6 Å². The minimum Gasteiger partial charge on any atom is -0.440 e. The molecule has 0 bridgehead atoms. The van der Waals surface area contributed by atoms with Crippen molar-refractivity contribution in [2.24, 2.45) is 0 Å². The number of rotatable bonds is 3. The molecule has 4 heteroatoms. The SMILES string of the molecule is Cc1ccc(CN(C)C(=O)c2ccc(Cl)o2)cc1. The van der Waals surface area contributed by atoms with Crippen LogP contribution in [0.3, 0.4) is 0 Å². The molecule has 0 unspecified atom stereocenters. The number of hydrogen-bond donors (Lipinski definition) is 0. The van der Waals surface area contributed by atoms with Gasteiger partial charge in [0.15, 0.2) is 11.0 Å². The Morgan fingerprint density at radius 1 is 1.22 bits per heavy atom. The highest BCUT2D eigenvalue weighted by atomic mass is 35.5. The van der Waals surface area contributed by atoms with Crippen molar-refractivity contribution in [2.75, 3.05) is 7.05 Å². The number of halogens is 1. The molecule has 0 atom stereocenters. The minimum atomic E-state index is -0.178. The molecule has 1 aromatic carbocycles. The first kappa shape index (κ1) is 12.7. The second-order valence-electron chi connectivity index (χ2n) is 4.25. The van der Waals surface area contributed by atoms with E-state index in [0.29, 0.717) is 6.54 Å². The summed E-state index contributed by atoms with van der Waals surface area (Å²) in [5, 5.41) is 0.224. The van der Waals surface area contributed by atoms with Crippen molar-refractivity contribution in [1.29, 1.82) is 0 Å². The number of amides is 1. The first-order valence-electron chi connectivity index (χ1n) is 5.62. The van der Waals surface area contributed by atoms with Crippen molar-refractivity contribution in [3.05, 3.63) is 58.5 Å². The summed E-state index contributed by atoms with van der Waals surface area (Å²) in [6.45, 7) is 2.57. The zero-order valence-corrected chi connectivity index (χ0v) is 11.1. The van der Waals surface area contributed by atoms with E-state index in [-0.39, 0.29) is 16.9 Å². The van der Waals surface area contributed by atoms with E-state index in [1.165, 1.54) is 5.56 Å². The number of carbonyl (C=O) groups excluding carboxylic acids is 1. The van der Waals surface area contributed by atoms with Crippen LogP contribution in [0.15, 0.2) is 40.8 Å². The van der Waals surface area contributed by atoms with Gasteiger partial charge in [0.1, 0.15) is 0 Å². The average molecular weight is 264 g/mol. The first-order valence-corrected chi connectivity index (χ1v) is 6.00. The van der Waals surface area contributed by atoms with Crippen LogP contribution in [0.2, 0.25) is 5.22 Å². The molecule has 0 aliphatic carbocycles. The molecule has 0 saturated heterocycles. The summed E-state index contributed by atoms with van der Waals surface area (Å²) >= 11 is 5.65. The molecule has 1 amide bonds. The van der Waals surface area contributed by atoms with Gasteiger partial charge in [0.2, 0.25) is 0 Å². The second kappa shape index (κ2) is 5.27. The Morgan fingerprint density at radius 3 is 2.44 bits per heavy atom. The van der Waals surface area contributed by atoms with Crippen molar-refractivity contribution >= 4 is 17.5 Å². The lowest BCUT2D eigenvalue weighted by Gasteiger charge is -2.15. The van der Waals surface area contributed by atoms with Crippen molar-refractivity contribution in [3.8, 4) is 0 Å². The lowest BCUT2D eigenvalue weighted by Crippen LogP contribution is -2.25. The Bertz CT molecular complexity index is 545. The van der Waals surface area contributed by atoms with Crippen molar-refractivity contribution in [2.45, 2.75) is 13.5 Å². The van der Waals surface area contributed by atoms with Crippen molar-refractivity contribution in [3.63, 3.8) is 0 Å². The van der Waals surface area contributed by atoms with Gasteiger partial charge in [-0.05, 0) is 36.2 Å². The zero-order chi connectivity index (χ0) is 13.1. The van der Waals surface area contributed by atoms with Crippen LogP contribution in [-0.4, -0.2) is 17.9 Å². The molecule has 0 N–H and O–H groups in total. The normalized spacial score (nSPS) is 10.4. The van der Waals surface area contributed by atoms with Gasteiger partial charge in [-0.15, -0.1) is 0 Å². The maximum atomic E-state index is 12.0. The highest BCUT2D eigenvalue weighted by Crippen LogP contribution is 2.15. The average Bonchev–Trinajstić information content (AvgIpc) is 2.78. The largest absolute Gasteiger partial charge is 0.440 e. The number of hydrogen-bond acceptors (Lipinski definition) is 2. The lowest BCUT2D eigenvalue weighted by molar-refractivity contribution is 0.0753. The van der Waals surface area contributed by atoms with E-state index < -0.39 is 0 Å². The first-order chi connectivity index (χ1) is 8.56. The highest BCUT2D eigenvalue weighted by molar-refractivity contribution is 6.29. The number of aryl methyl sites for hydroxylation is 1. The standard InChI is InChI=1S/C14H14ClNO2/c1-10-3-5-11(6-4-10)9-16(2)14(17)12-7-8-13(15)18-12/h3-8H,9H2,1-2H3. The van der Waals surface area contributed by atoms with Crippen LogP contribution in [0, 0.1) is 6.92 Å². The quantitative estimate of drug-likeness (QED) is 0.849. The van der Waals surface area contributed by atoms with E-state index in [4.69, 9.17) is 16.0 Å². The minimum absolute atomic E-state index is 0.178. The van der Waals surface area contributed by atoms with E-state index in [2.05, 4.69) is 0 Å². The third-order valence-electron chi connectivity index (χ3n) is 2.67. The maximum Gasteiger partial charge on any atom is 0.289 e. The molecule has 1 heterocycles. The number of carbonyl (C=O) groups is 1. The fourth-order valence-electron chi connectivity index (χ4n) is 1.66. The molecule has 0 aliphatic heterocycles. The van der Waals surface area contributed by atoms with E-state index in [1.54, 1.807) is 24.1 Å². The lowest BCUT2D eigenvalue weighted by atomic mass is 10.1. The van der Waals surface area contributed by atoms with Gasteiger partial charge >= 0.3 is 0 Å². The van der Waals surface area contributed by atoms with Gasteiger partial charge in [0.25, 0.3) is 5.91 Å². The van der Waals surface area contributed by atoms with E-state index in [1.807, 2.05) is 31.2 Å². The van der Waals surface area contributed by atoms with Crippen molar-refractivity contribution in [1.82, 2.24) is 4.90 Å². The molecule has 2 aromatic rings. The van der Waals surface area contributed by atoms with Crippen LogP contribution in [0.25, 0.3) is 0 Å². The van der Waals surface area contributed by atoms with Gasteiger partial charge in [-0.3, -0.25) is 4.79 Å². The smallest absolute Gasteiger partial charge is 0.289 e. The Morgan fingerprint density at radius 2 is 1.89 bits per heavy atom. The summed E-state index contributed by atoms with van der Waals surface area (Å²) < 4.78 is 5.10. The molecule has 0 fully saturated rings. The summed E-state index contributed by atoms with van der Waals surface area (Å²) in [6.07, 6.45) is 0. The van der Waals surface area contributed by atoms with Crippen LogP contribution >= 0.6 is 11.6 Å². The number of furan rings is 1. The Labute approximate surface area is 111 Å². The van der Waals surface area contributed by atoms with Crippen LogP contribution in [0.5, 0.6) is 0 Å². The van der Waals surface area contributed by atoms with Gasteiger partial charge in [-0.25, -0.2) is 0 Å². The van der Waals surface area contributed by atoms with Crippen LogP contribution in [0.4, 0.5) is 0 Å². The summed E-state index contributed by atoms with van der Waals surface area (Å²) in [5.41, 5.74) is 2.28. The third kappa shape index (κ3) is 2.93. The highest BCUT2D eigenvalue weighted by Gasteiger charge is 2.15. The molecule has 0 aliphatic rings. The fourth-order valence-corrected chi connectivity index (χ4v) is 1.80. The summed E-state index contributed by atoms with van der Waals surface area (Å²) in [6, 6.07) is 11.2. The molecular weight excluding hydrogens is 250 g/mol. The molecular formula is C14H14ClNO2. The Hall–Kier alpha value is -1.74. The van der Waals surface area contributed by atoms with Crippen molar-refractivity contribution < 1.29 is 9.21 Å². The van der Waals surface area contributed by atoms with E-state index in [9.17, 15) is 4.79 Å². The molecule has 0 saturated carbocycles. The van der Waals surface area contributed by atoms with Crippen LogP contribution in [0.1, 0.15) is 21.7 Å². The third-order valence-corrected chi connectivity index (χ3v) is 2.87. The Balaban J connectivity index is 2.05. The van der Waals surface area contributed by atoms with Gasteiger partial charge < -0.3 is 9.32 Å². The van der Waals surface area contributed by atoms with Gasteiger partial charge in [0.05, 0.1) is 0 Å². The van der Waals surface area contributed by atoms with Gasteiger partial charge in [-0.1, -0.05) is 29.8 Å². The predicted octanol–water partition coefficient (Wildman–Crippen LogP) is 3.51. The molecule has 3 nitrogen and oxygen atoms in total.